The van der Waals surface area contributed by atoms with E-state index in [1.165, 1.54) is 0 Å². The monoisotopic (exact) mass is 344 g/mol. The summed E-state index contributed by atoms with van der Waals surface area (Å²) in [7, 11) is 0. The smallest absolute Gasteiger partial charge is 0.248 e. The third-order valence-electron chi connectivity index (χ3n) is 3.41. The molecule has 0 unspecified atom stereocenters. The van der Waals surface area contributed by atoms with E-state index in [0.717, 1.165) is 11.1 Å². The molecule has 0 aliphatic rings. The molecule has 8 heteroatoms. The lowest BCUT2D eigenvalue weighted by molar-refractivity contribution is -0.116. The molecule has 0 saturated carbocycles. The zero-order valence-corrected chi connectivity index (χ0v) is 13.9. The van der Waals surface area contributed by atoms with Crippen LogP contribution in [0.2, 0.25) is 5.02 Å². The standard InChI is InChI=1S/C16H17ClN6O/c1-12-8-19-22(9-12)7-6-15(24)20-16-18-11-23(21-16)10-13-4-2-3-5-14(13)17/h2-5,8-9,11H,6-7,10H2,1H3,(H,20,21,24). The molecule has 3 aromatic rings. The predicted octanol–water partition coefficient (Wildman–Crippen LogP) is 2.51. The highest BCUT2D eigenvalue weighted by Crippen LogP contribution is 2.15. The summed E-state index contributed by atoms with van der Waals surface area (Å²) < 4.78 is 3.37. The van der Waals surface area contributed by atoms with Gasteiger partial charge in [-0.2, -0.15) is 5.10 Å². The highest BCUT2D eigenvalue weighted by molar-refractivity contribution is 6.31. The van der Waals surface area contributed by atoms with Crippen molar-refractivity contribution >= 4 is 23.5 Å². The lowest BCUT2D eigenvalue weighted by Gasteiger charge is -2.03. The predicted molar refractivity (Wildman–Crippen MR) is 90.8 cm³/mol. The van der Waals surface area contributed by atoms with Gasteiger partial charge >= 0.3 is 0 Å². The van der Waals surface area contributed by atoms with E-state index in [2.05, 4.69) is 20.5 Å². The maximum absolute atomic E-state index is 12.0. The first-order valence-corrected chi connectivity index (χ1v) is 7.90. The van der Waals surface area contributed by atoms with Crippen LogP contribution in [0.4, 0.5) is 5.95 Å². The fourth-order valence-corrected chi connectivity index (χ4v) is 2.42. The molecule has 0 spiro atoms. The van der Waals surface area contributed by atoms with Crippen molar-refractivity contribution in [3.8, 4) is 0 Å². The minimum atomic E-state index is -0.154. The molecule has 0 saturated heterocycles. The Balaban J connectivity index is 1.53. The summed E-state index contributed by atoms with van der Waals surface area (Å²) in [5, 5.41) is 11.7. The van der Waals surface area contributed by atoms with Crippen molar-refractivity contribution in [2.24, 2.45) is 0 Å². The molecule has 2 heterocycles. The zero-order valence-electron chi connectivity index (χ0n) is 13.2. The summed E-state index contributed by atoms with van der Waals surface area (Å²) in [5.41, 5.74) is 2.01. The summed E-state index contributed by atoms with van der Waals surface area (Å²) in [6.07, 6.45) is 5.52. The topological polar surface area (TPSA) is 77.6 Å². The molecule has 3 rings (SSSR count). The molecule has 1 aromatic carbocycles. The van der Waals surface area contributed by atoms with Gasteiger partial charge in [0.25, 0.3) is 0 Å². The molecule has 124 valence electrons. The number of anilines is 1. The maximum Gasteiger partial charge on any atom is 0.248 e. The van der Waals surface area contributed by atoms with E-state index in [0.29, 0.717) is 24.5 Å². The number of nitrogens with zero attached hydrogens (tertiary/aromatic N) is 5. The van der Waals surface area contributed by atoms with E-state index in [4.69, 9.17) is 11.6 Å². The van der Waals surface area contributed by atoms with Crippen molar-refractivity contribution in [1.29, 1.82) is 0 Å². The average Bonchev–Trinajstić information content (AvgIpc) is 3.17. The number of nitrogens with one attached hydrogen (secondary N) is 1. The molecule has 0 bridgehead atoms. The van der Waals surface area contributed by atoms with Gasteiger partial charge in [-0.15, -0.1) is 5.10 Å². The molecule has 0 fully saturated rings. The number of carbonyl (C=O) groups excluding carboxylic acids is 1. The zero-order chi connectivity index (χ0) is 16.9. The second kappa shape index (κ2) is 7.27. The summed E-state index contributed by atoms with van der Waals surface area (Å²) in [6, 6.07) is 7.54. The summed E-state index contributed by atoms with van der Waals surface area (Å²) in [6.45, 7) is 2.97. The number of aromatic nitrogens is 5. The summed E-state index contributed by atoms with van der Waals surface area (Å²) >= 11 is 6.13. The van der Waals surface area contributed by atoms with E-state index in [9.17, 15) is 4.79 Å². The van der Waals surface area contributed by atoms with Crippen molar-refractivity contribution in [3.05, 3.63) is 59.1 Å². The molecular weight excluding hydrogens is 328 g/mol. The van der Waals surface area contributed by atoms with Gasteiger partial charge in [0.1, 0.15) is 6.33 Å². The minimum absolute atomic E-state index is 0.154. The number of benzene rings is 1. The number of carbonyl (C=O) groups is 1. The largest absolute Gasteiger partial charge is 0.293 e. The summed E-state index contributed by atoms with van der Waals surface area (Å²) in [5.74, 6) is 0.127. The number of aryl methyl sites for hydroxylation is 2. The number of amides is 1. The van der Waals surface area contributed by atoms with Gasteiger partial charge in [-0.25, -0.2) is 9.67 Å². The normalized spacial score (nSPS) is 10.8. The van der Waals surface area contributed by atoms with E-state index in [-0.39, 0.29) is 11.9 Å². The van der Waals surface area contributed by atoms with Gasteiger partial charge in [-0.3, -0.25) is 14.8 Å². The molecule has 2 aromatic heterocycles. The van der Waals surface area contributed by atoms with E-state index < -0.39 is 0 Å². The van der Waals surface area contributed by atoms with Crippen LogP contribution in [0.25, 0.3) is 0 Å². The van der Waals surface area contributed by atoms with Crippen LogP contribution < -0.4 is 5.32 Å². The molecular formula is C16H17ClN6O. The van der Waals surface area contributed by atoms with Gasteiger partial charge in [-0.1, -0.05) is 29.8 Å². The first-order chi connectivity index (χ1) is 11.6. The molecule has 24 heavy (non-hydrogen) atoms. The second-order valence-electron chi connectivity index (χ2n) is 5.44. The van der Waals surface area contributed by atoms with Gasteiger partial charge in [0.15, 0.2) is 0 Å². The Morgan fingerprint density at radius 1 is 1.29 bits per heavy atom. The Kier molecular flexibility index (Phi) is 4.90. The quantitative estimate of drug-likeness (QED) is 0.745. The van der Waals surface area contributed by atoms with Crippen LogP contribution in [-0.2, 0) is 17.9 Å². The van der Waals surface area contributed by atoms with Gasteiger partial charge in [0.05, 0.1) is 12.7 Å². The fraction of sp³-hybridized carbons (Fsp3) is 0.250. The van der Waals surface area contributed by atoms with Gasteiger partial charge < -0.3 is 0 Å². The van der Waals surface area contributed by atoms with Crippen molar-refractivity contribution < 1.29 is 4.79 Å². The van der Waals surface area contributed by atoms with Crippen LogP contribution in [-0.4, -0.2) is 30.5 Å². The molecule has 0 aliphatic heterocycles. The Morgan fingerprint density at radius 2 is 2.12 bits per heavy atom. The Hall–Kier alpha value is -2.67. The first kappa shape index (κ1) is 16.2. The fourth-order valence-electron chi connectivity index (χ4n) is 2.22. The molecule has 0 aliphatic carbocycles. The maximum atomic E-state index is 12.0. The summed E-state index contributed by atoms with van der Waals surface area (Å²) in [4.78, 5) is 16.0. The van der Waals surface area contributed by atoms with Crippen molar-refractivity contribution in [1.82, 2.24) is 24.5 Å². The van der Waals surface area contributed by atoms with Crippen LogP contribution in [0.3, 0.4) is 0 Å². The van der Waals surface area contributed by atoms with Crippen molar-refractivity contribution in [2.45, 2.75) is 26.4 Å². The van der Waals surface area contributed by atoms with E-state index in [1.807, 2.05) is 37.4 Å². The molecule has 0 atom stereocenters. The van der Waals surface area contributed by atoms with Crippen LogP contribution in [0.5, 0.6) is 0 Å². The average molecular weight is 345 g/mol. The van der Waals surface area contributed by atoms with Crippen molar-refractivity contribution in [3.63, 3.8) is 0 Å². The minimum Gasteiger partial charge on any atom is -0.293 e. The lowest BCUT2D eigenvalue weighted by atomic mass is 10.2. The molecule has 1 N–H and O–H groups in total. The highest BCUT2D eigenvalue weighted by atomic mass is 35.5. The first-order valence-electron chi connectivity index (χ1n) is 7.52. The van der Waals surface area contributed by atoms with Crippen LogP contribution in [0.15, 0.2) is 43.0 Å². The highest BCUT2D eigenvalue weighted by Gasteiger charge is 2.08. The lowest BCUT2D eigenvalue weighted by Crippen LogP contribution is -2.16. The van der Waals surface area contributed by atoms with E-state index >= 15 is 0 Å². The third kappa shape index (κ3) is 4.20. The molecule has 1 amide bonds. The Labute approximate surface area is 144 Å². The Bertz CT molecular complexity index is 840. The molecule has 0 radical (unpaired) electrons. The SMILES string of the molecule is Cc1cnn(CCC(=O)Nc2ncn(Cc3ccccc3Cl)n2)c1. The molecule has 7 nitrogen and oxygen atoms in total. The van der Waals surface area contributed by atoms with Gasteiger partial charge in [0, 0.05) is 24.2 Å². The Morgan fingerprint density at radius 3 is 2.88 bits per heavy atom. The number of hydrogen-bond acceptors (Lipinski definition) is 4. The van der Waals surface area contributed by atoms with E-state index in [1.54, 1.807) is 21.9 Å². The number of halogens is 1. The van der Waals surface area contributed by atoms with Crippen molar-refractivity contribution in [2.75, 3.05) is 5.32 Å². The van der Waals surface area contributed by atoms with Gasteiger partial charge in [-0.05, 0) is 24.1 Å². The van der Waals surface area contributed by atoms with Crippen LogP contribution in [0.1, 0.15) is 17.5 Å². The van der Waals surface area contributed by atoms with Crippen LogP contribution >= 0.6 is 11.6 Å². The van der Waals surface area contributed by atoms with Crippen LogP contribution in [0, 0.1) is 6.92 Å². The number of rotatable bonds is 6. The third-order valence-corrected chi connectivity index (χ3v) is 3.78. The number of hydrogen-bond donors (Lipinski definition) is 1. The van der Waals surface area contributed by atoms with Gasteiger partial charge in [0.2, 0.25) is 11.9 Å². The second-order valence-corrected chi connectivity index (χ2v) is 5.84.